The van der Waals surface area contributed by atoms with E-state index in [9.17, 15) is 19.8 Å². The van der Waals surface area contributed by atoms with Crippen LogP contribution in [0.15, 0.2) is 12.2 Å². The van der Waals surface area contributed by atoms with Crippen LogP contribution in [0, 0.1) is 34.0 Å². The zero-order valence-electron chi connectivity index (χ0n) is 14.7. The van der Waals surface area contributed by atoms with Crippen molar-refractivity contribution in [3.63, 3.8) is 0 Å². The molecule has 5 aliphatic rings. The molecule has 0 aromatic carbocycles. The van der Waals surface area contributed by atoms with Crippen molar-refractivity contribution in [2.75, 3.05) is 6.61 Å². The van der Waals surface area contributed by atoms with Gasteiger partial charge in [0.15, 0.2) is 0 Å². The molecule has 0 amide bonds. The summed E-state index contributed by atoms with van der Waals surface area (Å²) in [6, 6.07) is 0. The van der Waals surface area contributed by atoms with Gasteiger partial charge in [-0.15, -0.1) is 0 Å². The fourth-order valence-corrected chi connectivity index (χ4v) is 8.11. The minimum Gasteiger partial charge on any atom is -0.481 e. The van der Waals surface area contributed by atoms with E-state index in [1.54, 1.807) is 0 Å². The van der Waals surface area contributed by atoms with Gasteiger partial charge in [-0.2, -0.15) is 0 Å². The number of rotatable bonds is 1. The van der Waals surface area contributed by atoms with E-state index in [0.29, 0.717) is 32.3 Å². The Hall–Kier alpha value is -1.36. The number of aliphatic carboxylic acids is 1. The maximum absolute atomic E-state index is 13.1. The van der Waals surface area contributed by atoms with Crippen molar-refractivity contribution in [1.29, 1.82) is 0 Å². The Labute approximate surface area is 147 Å². The van der Waals surface area contributed by atoms with Crippen LogP contribution < -0.4 is 0 Å². The number of fused-ring (bicyclic) bond motifs is 1. The first-order valence-electron chi connectivity index (χ1n) is 9.50. The van der Waals surface area contributed by atoms with E-state index in [-0.39, 0.29) is 23.2 Å². The summed E-state index contributed by atoms with van der Waals surface area (Å²) in [5.41, 5.74) is -1.68. The van der Waals surface area contributed by atoms with Crippen LogP contribution in [0.1, 0.15) is 51.9 Å². The van der Waals surface area contributed by atoms with Crippen molar-refractivity contribution in [2.45, 2.75) is 57.5 Å². The van der Waals surface area contributed by atoms with Gasteiger partial charge in [0.25, 0.3) is 0 Å². The molecule has 25 heavy (non-hydrogen) atoms. The van der Waals surface area contributed by atoms with E-state index < -0.39 is 28.3 Å². The molecule has 0 aromatic rings. The van der Waals surface area contributed by atoms with Crippen LogP contribution in [-0.2, 0) is 14.3 Å². The molecule has 1 saturated heterocycles. The number of ether oxygens (including phenoxy) is 1. The van der Waals surface area contributed by atoms with E-state index in [4.69, 9.17) is 4.74 Å². The first-order valence-corrected chi connectivity index (χ1v) is 9.50. The maximum Gasteiger partial charge on any atom is 0.312 e. The number of aliphatic hydroxyl groups is 1. The van der Waals surface area contributed by atoms with E-state index in [0.717, 1.165) is 24.8 Å². The number of carboxylic acid groups (broad SMARTS) is 1. The zero-order chi connectivity index (χ0) is 17.8. The molecule has 136 valence electrons. The van der Waals surface area contributed by atoms with E-state index in [1.807, 2.05) is 0 Å². The Morgan fingerprint density at radius 2 is 2.08 bits per heavy atom. The molecule has 5 rings (SSSR count). The highest BCUT2D eigenvalue weighted by atomic mass is 16.5. The Bertz CT molecular complexity index is 715. The summed E-state index contributed by atoms with van der Waals surface area (Å²) in [4.78, 5) is 25.6. The fraction of sp³-hybridized carbons (Fsp3) is 0.800. The second kappa shape index (κ2) is 4.30. The highest BCUT2D eigenvalue weighted by Crippen LogP contribution is 2.79. The van der Waals surface area contributed by atoms with Crippen LogP contribution in [0.4, 0.5) is 0 Å². The normalized spacial score (nSPS) is 56.2. The minimum atomic E-state index is -0.951. The number of carbonyl (C=O) groups is 2. The van der Waals surface area contributed by atoms with E-state index >= 15 is 0 Å². The quantitative estimate of drug-likeness (QED) is 0.563. The molecule has 7 atom stereocenters. The van der Waals surface area contributed by atoms with Gasteiger partial charge in [0.2, 0.25) is 0 Å². The van der Waals surface area contributed by atoms with Gasteiger partial charge >= 0.3 is 11.9 Å². The Balaban J connectivity index is 1.78. The number of carboxylic acids is 1. The average molecular weight is 346 g/mol. The second-order valence-electron chi connectivity index (χ2n) is 9.73. The number of cyclic esters (lactones) is 1. The molecule has 2 N–H and O–H groups in total. The molecule has 5 heteroatoms. The predicted molar refractivity (Wildman–Crippen MR) is 88.4 cm³/mol. The summed E-state index contributed by atoms with van der Waals surface area (Å²) in [6.07, 6.45) is 4.85. The molecule has 1 spiro atoms. The molecule has 1 aliphatic heterocycles. The van der Waals surface area contributed by atoms with Crippen LogP contribution >= 0.6 is 0 Å². The first kappa shape index (κ1) is 15.9. The van der Waals surface area contributed by atoms with Crippen LogP contribution in [0.25, 0.3) is 0 Å². The third kappa shape index (κ3) is 1.52. The average Bonchev–Trinajstić information content (AvgIpc) is 2.90. The van der Waals surface area contributed by atoms with E-state index in [1.165, 1.54) is 0 Å². The molecule has 1 heterocycles. The molecular formula is C20H26O5. The van der Waals surface area contributed by atoms with E-state index in [2.05, 4.69) is 13.5 Å². The highest BCUT2D eigenvalue weighted by Gasteiger charge is 2.80. The Morgan fingerprint density at radius 3 is 2.80 bits per heavy atom. The SMILES string of the molecule is C=C1C[C@]23C[C@@]1(O)CC[C@H]2[C@@]12CCC[C@@](C)(COC1=O)[C@@H]2[C@@H]3C(=O)O. The highest BCUT2D eigenvalue weighted by molar-refractivity contribution is 5.84. The summed E-state index contributed by atoms with van der Waals surface area (Å²) in [6.45, 7) is 6.53. The smallest absolute Gasteiger partial charge is 0.312 e. The standard InChI is InChI=1S/C20H26O5/c1-11-8-18-9-19(11,24)7-4-12(18)20-6-3-5-17(2,10-25-16(20)23)14(20)13(18)15(21)22/h12-14,24H,1,3-10H2,2H3,(H,21,22)/t12-,13-,14+,17+,18+,19+,20-/m1/s1. The number of hydrogen-bond acceptors (Lipinski definition) is 4. The number of carbonyl (C=O) groups excluding carboxylic acids is 1. The van der Waals surface area contributed by atoms with Gasteiger partial charge in [0, 0.05) is 5.41 Å². The molecule has 5 nitrogen and oxygen atoms in total. The second-order valence-corrected chi connectivity index (χ2v) is 9.73. The topological polar surface area (TPSA) is 83.8 Å². The molecular weight excluding hydrogens is 320 g/mol. The summed E-state index contributed by atoms with van der Waals surface area (Å²) in [5.74, 6) is -1.78. The first-order chi connectivity index (χ1) is 11.7. The molecule has 4 aliphatic carbocycles. The van der Waals surface area contributed by atoms with Crippen molar-refractivity contribution >= 4 is 11.9 Å². The van der Waals surface area contributed by atoms with Crippen LogP contribution in [0.2, 0.25) is 0 Å². The molecule has 0 unspecified atom stereocenters. The summed E-state index contributed by atoms with van der Waals surface area (Å²) in [7, 11) is 0. The van der Waals surface area contributed by atoms with Crippen molar-refractivity contribution in [1.82, 2.24) is 0 Å². The van der Waals surface area contributed by atoms with Gasteiger partial charge in [-0.3, -0.25) is 9.59 Å². The summed E-state index contributed by atoms with van der Waals surface area (Å²) < 4.78 is 5.67. The van der Waals surface area contributed by atoms with Gasteiger partial charge in [0.05, 0.1) is 23.5 Å². The summed E-state index contributed by atoms with van der Waals surface area (Å²) in [5, 5.41) is 21.3. The molecule has 4 saturated carbocycles. The van der Waals surface area contributed by atoms with Crippen LogP contribution in [-0.4, -0.2) is 34.4 Å². The minimum absolute atomic E-state index is 0.0157. The summed E-state index contributed by atoms with van der Waals surface area (Å²) >= 11 is 0. The van der Waals surface area contributed by atoms with Crippen molar-refractivity contribution in [3.05, 3.63) is 12.2 Å². The predicted octanol–water partition coefficient (Wildman–Crippen LogP) is 2.53. The number of esters is 1. The zero-order valence-corrected chi connectivity index (χ0v) is 14.7. The van der Waals surface area contributed by atoms with Gasteiger partial charge in [0.1, 0.15) is 0 Å². The third-order valence-corrected chi connectivity index (χ3v) is 8.76. The van der Waals surface area contributed by atoms with Gasteiger partial charge in [-0.05, 0) is 61.3 Å². The lowest BCUT2D eigenvalue weighted by Crippen LogP contribution is -2.58. The van der Waals surface area contributed by atoms with Gasteiger partial charge in [-0.1, -0.05) is 19.9 Å². The lowest BCUT2D eigenvalue weighted by molar-refractivity contribution is -0.201. The van der Waals surface area contributed by atoms with Crippen LogP contribution in [0.5, 0.6) is 0 Å². The van der Waals surface area contributed by atoms with Crippen molar-refractivity contribution in [3.8, 4) is 0 Å². The largest absolute Gasteiger partial charge is 0.481 e. The third-order valence-electron chi connectivity index (χ3n) is 8.76. The monoisotopic (exact) mass is 346 g/mol. The van der Waals surface area contributed by atoms with Crippen molar-refractivity contribution < 1.29 is 24.5 Å². The van der Waals surface area contributed by atoms with Gasteiger partial charge < -0.3 is 14.9 Å². The molecule has 0 radical (unpaired) electrons. The lowest BCUT2D eigenvalue weighted by atomic mass is 9.51. The lowest BCUT2D eigenvalue weighted by Gasteiger charge is -2.55. The Morgan fingerprint density at radius 1 is 1.32 bits per heavy atom. The maximum atomic E-state index is 13.1. The molecule has 5 fully saturated rings. The van der Waals surface area contributed by atoms with Crippen molar-refractivity contribution in [2.24, 2.45) is 34.0 Å². The fourth-order valence-electron chi connectivity index (χ4n) is 8.11. The number of hydrogen-bond donors (Lipinski definition) is 2. The molecule has 4 bridgehead atoms. The van der Waals surface area contributed by atoms with Gasteiger partial charge in [-0.25, -0.2) is 0 Å². The Kier molecular flexibility index (Phi) is 2.73. The van der Waals surface area contributed by atoms with Crippen LogP contribution in [0.3, 0.4) is 0 Å². The molecule has 0 aromatic heterocycles.